The maximum Gasteiger partial charge on any atom is 0.171 e. The first-order valence-electron chi connectivity index (χ1n) is 3.75. The van der Waals surface area contributed by atoms with Crippen LogP contribution in [0.2, 0.25) is 5.02 Å². The second-order valence-corrected chi connectivity index (χ2v) is 3.06. The standard InChI is InChI=1S/C9H8ClFO3/c1-4(12)7-8(11)5(10)3-6(14-2)9(7)13/h3,13H,1-2H3. The van der Waals surface area contributed by atoms with Gasteiger partial charge in [-0.1, -0.05) is 11.6 Å². The second kappa shape index (κ2) is 3.84. The fourth-order valence-electron chi connectivity index (χ4n) is 1.07. The Bertz CT molecular complexity index is 390. The number of carbonyl (C=O) groups excluding carboxylic acids is 1. The number of hydrogen-bond acceptors (Lipinski definition) is 3. The van der Waals surface area contributed by atoms with Crippen molar-refractivity contribution >= 4 is 17.4 Å². The van der Waals surface area contributed by atoms with Gasteiger partial charge in [-0.25, -0.2) is 4.39 Å². The van der Waals surface area contributed by atoms with Crippen molar-refractivity contribution in [3.63, 3.8) is 0 Å². The van der Waals surface area contributed by atoms with Crippen LogP contribution in [-0.4, -0.2) is 18.0 Å². The Kier molecular flexibility index (Phi) is 2.96. The minimum Gasteiger partial charge on any atom is -0.504 e. The molecule has 1 aromatic carbocycles. The lowest BCUT2D eigenvalue weighted by molar-refractivity contribution is 0.101. The van der Waals surface area contributed by atoms with E-state index in [1.165, 1.54) is 7.11 Å². The fraction of sp³-hybridized carbons (Fsp3) is 0.222. The highest BCUT2D eigenvalue weighted by atomic mass is 35.5. The van der Waals surface area contributed by atoms with E-state index in [0.29, 0.717) is 0 Å². The van der Waals surface area contributed by atoms with E-state index in [0.717, 1.165) is 13.0 Å². The van der Waals surface area contributed by atoms with Gasteiger partial charge < -0.3 is 9.84 Å². The van der Waals surface area contributed by atoms with Crippen molar-refractivity contribution in [2.24, 2.45) is 0 Å². The molecule has 0 heterocycles. The molecule has 5 heteroatoms. The molecule has 0 aliphatic heterocycles. The Balaban J connectivity index is 3.53. The second-order valence-electron chi connectivity index (χ2n) is 2.65. The summed E-state index contributed by atoms with van der Waals surface area (Å²) >= 11 is 5.50. The van der Waals surface area contributed by atoms with Crippen molar-refractivity contribution in [3.8, 4) is 11.5 Å². The van der Waals surface area contributed by atoms with E-state index < -0.39 is 22.9 Å². The number of aromatic hydroxyl groups is 1. The van der Waals surface area contributed by atoms with Gasteiger partial charge in [-0.2, -0.15) is 0 Å². The first-order valence-corrected chi connectivity index (χ1v) is 4.12. The molecule has 3 nitrogen and oxygen atoms in total. The molecule has 0 radical (unpaired) electrons. The van der Waals surface area contributed by atoms with Crippen molar-refractivity contribution in [1.29, 1.82) is 0 Å². The van der Waals surface area contributed by atoms with Gasteiger partial charge in [-0.3, -0.25) is 4.79 Å². The fourth-order valence-corrected chi connectivity index (χ4v) is 1.26. The lowest BCUT2D eigenvalue weighted by atomic mass is 10.1. The highest BCUT2D eigenvalue weighted by Gasteiger charge is 2.20. The lowest BCUT2D eigenvalue weighted by Crippen LogP contribution is -2.00. The number of Topliss-reactive ketones (excluding diaryl/α,β-unsaturated/α-hetero) is 1. The number of benzene rings is 1. The number of hydrogen-bond donors (Lipinski definition) is 1. The third-order valence-corrected chi connectivity index (χ3v) is 2.00. The SMILES string of the molecule is COc1cc(Cl)c(F)c(C(C)=O)c1O. The van der Waals surface area contributed by atoms with Crippen LogP contribution in [0.1, 0.15) is 17.3 Å². The van der Waals surface area contributed by atoms with Crippen molar-refractivity contribution in [1.82, 2.24) is 0 Å². The number of ether oxygens (including phenoxy) is 1. The van der Waals surface area contributed by atoms with E-state index in [9.17, 15) is 14.3 Å². The first kappa shape index (κ1) is 10.8. The summed E-state index contributed by atoms with van der Waals surface area (Å²) in [4.78, 5) is 11.0. The number of rotatable bonds is 2. The number of phenolic OH excluding ortho intramolecular Hbond substituents is 1. The smallest absolute Gasteiger partial charge is 0.171 e. The number of carbonyl (C=O) groups is 1. The van der Waals surface area contributed by atoms with Crippen LogP contribution >= 0.6 is 11.6 Å². The van der Waals surface area contributed by atoms with Gasteiger partial charge in [0, 0.05) is 6.07 Å². The summed E-state index contributed by atoms with van der Waals surface area (Å²) in [5, 5.41) is 9.16. The number of halogens is 2. The lowest BCUT2D eigenvalue weighted by Gasteiger charge is -2.08. The summed E-state index contributed by atoms with van der Waals surface area (Å²) in [6, 6.07) is 1.11. The summed E-state index contributed by atoms with van der Waals surface area (Å²) in [7, 11) is 1.28. The van der Waals surface area contributed by atoms with Gasteiger partial charge in [-0.05, 0) is 6.92 Å². The average molecular weight is 219 g/mol. The van der Waals surface area contributed by atoms with E-state index in [4.69, 9.17) is 16.3 Å². The first-order chi connectivity index (χ1) is 6.49. The summed E-state index contributed by atoms with van der Waals surface area (Å²) in [6.07, 6.45) is 0. The van der Waals surface area contributed by atoms with Gasteiger partial charge in [0.2, 0.25) is 0 Å². The van der Waals surface area contributed by atoms with Gasteiger partial charge in [-0.15, -0.1) is 0 Å². The molecule has 0 aliphatic carbocycles. The van der Waals surface area contributed by atoms with Gasteiger partial charge >= 0.3 is 0 Å². The molecule has 0 aromatic heterocycles. The van der Waals surface area contributed by atoms with Crippen LogP contribution in [-0.2, 0) is 0 Å². The number of ketones is 1. The normalized spacial score (nSPS) is 10.0. The number of methoxy groups -OCH3 is 1. The Labute approximate surface area is 85.1 Å². The monoisotopic (exact) mass is 218 g/mol. The highest BCUT2D eigenvalue weighted by molar-refractivity contribution is 6.31. The molecule has 0 amide bonds. The highest BCUT2D eigenvalue weighted by Crippen LogP contribution is 2.36. The molecule has 1 rings (SSSR count). The molecule has 1 N–H and O–H groups in total. The summed E-state index contributed by atoms with van der Waals surface area (Å²) in [6.45, 7) is 1.13. The predicted molar refractivity (Wildman–Crippen MR) is 49.6 cm³/mol. The molecule has 0 saturated heterocycles. The van der Waals surface area contributed by atoms with Gasteiger partial charge in [0.25, 0.3) is 0 Å². The minimum absolute atomic E-state index is 0.0263. The van der Waals surface area contributed by atoms with Gasteiger partial charge in [0.05, 0.1) is 12.1 Å². The molecule has 0 aliphatic rings. The van der Waals surface area contributed by atoms with Crippen LogP contribution in [0.3, 0.4) is 0 Å². The van der Waals surface area contributed by atoms with E-state index in [-0.39, 0.29) is 10.8 Å². The summed E-state index contributed by atoms with van der Waals surface area (Å²) < 4.78 is 18.0. The molecular formula is C9H8ClFO3. The van der Waals surface area contributed by atoms with E-state index in [2.05, 4.69) is 0 Å². The molecule has 1 aromatic rings. The summed E-state index contributed by atoms with van der Waals surface area (Å²) in [5.74, 6) is -2.10. The van der Waals surface area contributed by atoms with Gasteiger partial charge in [0.1, 0.15) is 5.56 Å². The Hall–Kier alpha value is -1.29. The van der Waals surface area contributed by atoms with Crippen LogP contribution < -0.4 is 4.74 Å². The van der Waals surface area contributed by atoms with E-state index in [1.807, 2.05) is 0 Å². The van der Waals surface area contributed by atoms with Crippen molar-refractivity contribution in [2.75, 3.05) is 7.11 Å². The van der Waals surface area contributed by atoms with E-state index >= 15 is 0 Å². The average Bonchev–Trinajstić information content (AvgIpc) is 2.11. The molecule has 0 atom stereocenters. The van der Waals surface area contributed by atoms with Crippen molar-refractivity contribution < 1.29 is 19.0 Å². The zero-order valence-corrected chi connectivity index (χ0v) is 8.35. The largest absolute Gasteiger partial charge is 0.504 e. The van der Waals surface area contributed by atoms with Crippen molar-refractivity contribution in [3.05, 3.63) is 22.5 Å². The van der Waals surface area contributed by atoms with Crippen LogP contribution in [0, 0.1) is 5.82 Å². The Morgan fingerprint density at radius 2 is 2.21 bits per heavy atom. The maximum absolute atomic E-state index is 13.3. The topological polar surface area (TPSA) is 46.5 Å². The molecule has 0 fully saturated rings. The zero-order valence-electron chi connectivity index (χ0n) is 7.60. The van der Waals surface area contributed by atoms with Crippen LogP contribution in [0.15, 0.2) is 6.07 Å². The quantitative estimate of drug-likeness (QED) is 0.776. The summed E-state index contributed by atoms with van der Waals surface area (Å²) in [5.41, 5.74) is -0.450. The van der Waals surface area contributed by atoms with Gasteiger partial charge in [0.15, 0.2) is 23.1 Å². The Morgan fingerprint density at radius 3 is 2.64 bits per heavy atom. The Morgan fingerprint density at radius 1 is 1.64 bits per heavy atom. The molecule has 0 bridgehead atoms. The third-order valence-electron chi connectivity index (χ3n) is 1.73. The molecule has 76 valence electrons. The van der Waals surface area contributed by atoms with E-state index in [1.54, 1.807) is 0 Å². The zero-order chi connectivity index (χ0) is 10.9. The van der Waals surface area contributed by atoms with Crippen LogP contribution in [0.25, 0.3) is 0 Å². The molecule has 0 spiro atoms. The maximum atomic E-state index is 13.3. The van der Waals surface area contributed by atoms with Crippen molar-refractivity contribution in [2.45, 2.75) is 6.92 Å². The third kappa shape index (κ3) is 1.65. The number of phenols is 1. The molecule has 0 unspecified atom stereocenters. The van der Waals surface area contributed by atoms with Crippen LogP contribution in [0.5, 0.6) is 11.5 Å². The van der Waals surface area contributed by atoms with Crippen LogP contribution in [0.4, 0.5) is 4.39 Å². The molecular weight excluding hydrogens is 211 g/mol. The molecule has 0 saturated carbocycles. The predicted octanol–water partition coefficient (Wildman–Crippen LogP) is 2.40. The minimum atomic E-state index is -0.933. The molecule has 14 heavy (non-hydrogen) atoms.